The van der Waals surface area contributed by atoms with E-state index in [4.69, 9.17) is 11.6 Å². The number of carbonyl (C=O) groups excluding carboxylic acids is 1. The van der Waals surface area contributed by atoms with E-state index in [0.717, 1.165) is 18.7 Å². The molecule has 19 heavy (non-hydrogen) atoms. The minimum atomic E-state index is -0.550. The number of alkyl halides is 1. The summed E-state index contributed by atoms with van der Waals surface area (Å²) in [7, 11) is 0. The molecule has 0 radical (unpaired) electrons. The van der Waals surface area contributed by atoms with Gasteiger partial charge in [-0.2, -0.15) is 0 Å². The highest BCUT2D eigenvalue weighted by atomic mass is 35.5. The number of amides is 1. The number of halogens is 1. The van der Waals surface area contributed by atoms with Crippen LogP contribution in [0.2, 0.25) is 0 Å². The lowest BCUT2D eigenvalue weighted by molar-refractivity contribution is -0.129. The summed E-state index contributed by atoms with van der Waals surface area (Å²) >= 11 is 5.55. The lowest BCUT2D eigenvalue weighted by Gasteiger charge is -2.28. The maximum Gasteiger partial charge on any atom is 0.219 e. The summed E-state index contributed by atoms with van der Waals surface area (Å²) in [6.07, 6.45) is 0.353. The van der Waals surface area contributed by atoms with Gasteiger partial charge in [0.05, 0.1) is 12.0 Å². The molecule has 1 amide bonds. The van der Waals surface area contributed by atoms with Gasteiger partial charge in [-0.15, -0.1) is 11.6 Å². The Bertz CT molecular complexity index is 465. The first-order chi connectivity index (χ1) is 9.10. The molecule has 0 fully saturated rings. The zero-order valence-electron chi connectivity index (χ0n) is 11.0. The predicted octanol–water partition coefficient (Wildman–Crippen LogP) is 1.60. The summed E-state index contributed by atoms with van der Waals surface area (Å²) in [6, 6.07) is 6.14. The monoisotopic (exact) mass is 282 g/mol. The number of benzene rings is 1. The first-order valence-corrected chi connectivity index (χ1v) is 6.99. The van der Waals surface area contributed by atoms with Gasteiger partial charge in [-0.3, -0.25) is 4.79 Å². The lowest BCUT2D eigenvalue weighted by atomic mass is 9.99. The predicted molar refractivity (Wildman–Crippen MR) is 76.5 cm³/mol. The Hall–Kier alpha value is -1.26. The van der Waals surface area contributed by atoms with Crippen molar-refractivity contribution in [1.29, 1.82) is 0 Å². The van der Waals surface area contributed by atoms with E-state index in [1.807, 2.05) is 17.0 Å². The van der Waals surface area contributed by atoms with Crippen LogP contribution >= 0.6 is 11.6 Å². The zero-order valence-corrected chi connectivity index (χ0v) is 11.8. The second-order valence-electron chi connectivity index (χ2n) is 4.86. The molecule has 2 N–H and O–H groups in total. The number of aliphatic hydroxyl groups is 1. The van der Waals surface area contributed by atoms with E-state index < -0.39 is 6.10 Å². The summed E-state index contributed by atoms with van der Waals surface area (Å²) in [5, 5.41) is 12.6. The van der Waals surface area contributed by atoms with Gasteiger partial charge in [0, 0.05) is 32.2 Å². The van der Waals surface area contributed by atoms with E-state index >= 15 is 0 Å². The van der Waals surface area contributed by atoms with Crippen LogP contribution in [0.25, 0.3) is 0 Å². The number of carbonyl (C=O) groups is 1. The van der Waals surface area contributed by atoms with Crippen molar-refractivity contribution in [2.75, 3.05) is 24.3 Å². The first-order valence-electron chi connectivity index (χ1n) is 6.45. The number of anilines is 1. The Morgan fingerprint density at radius 1 is 1.53 bits per heavy atom. The standard InChI is InChI=1S/C14H19ClN2O2/c1-10(18)17-5-4-11-2-3-13(6-12(11)9-17)16-8-14(19)7-15/h2-3,6,14,16,19H,4-5,7-9H2,1H3. The molecule has 0 saturated heterocycles. The molecule has 1 aromatic carbocycles. The molecule has 1 aromatic rings. The highest BCUT2D eigenvalue weighted by molar-refractivity contribution is 6.18. The number of rotatable bonds is 4. The van der Waals surface area contributed by atoms with Crippen LogP contribution in [0.4, 0.5) is 5.69 Å². The first kappa shape index (κ1) is 14.2. The molecule has 1 aliphatic heterocycles. The van der Waals surface area contributed by atoms with Gasteiger partial charge in [-0.1, -0.05) is 6.07 Å². The van der Waals surface area contributed by atoms with Gasteiger partial charge >= 0.3 is 0 Å². The van der Waals surface area contributed by atoms with Crippen molar-refractivity contribution in [3.8, 4) is 0 Å². The largest absolute Gasteiger partial charge is 0.390 e. The van der Waals surface area contributed by atoms with Crippen molar-refractivity contribution < 1.29 is 9.90 Å². The van der Waals surface area contributed by atoms with Crippen LogP contribution < -0.4 is 5.32 Å². The second-order valence-corrected chi connectivity index (χ2v) is 5.17. The van der Waals surface area contributed by atoms with Gasteiger partial charge in [0.25, 0.3) is 0 Å². The maximum atomic E-state index is 11.4. The molecule has 5 heteroatoms. The summed E-state index contributed by atoms with van der Waals surface area (Å²) < 4.78 is 0. The second kappa shape index (κ2) is 6.26. The molecular formula is C14H19ClN2O2. The molecule has 0 bridgehead atoms. The van der Waals surface area contributed by atoms with Gasteiger partial charge < -0.3 is 15.3 Å². The molecule has 4 nitrogen and oxygen atoms in total. The SMILES string of the molecule is CC(=O)N1CCc2ccc(NCC(O)CCl)cc2C1. The van der Waals surface area contributed by atoms with Crippen molar-refractivity contribution in [2.24, 2.45) is 0 Å². The van der Waals surface area contributed by atoms with E-state index in [-0.39, 0.29) is 11.8 Å². The van der Waals surface area contributed by atoms with Crippen molar-refractivity contribution in [3.05, 3.63) is 29.3 Å². The summed E-state index contributed by atoms with van der Waals surface area (Å²) in [5.41, 5.74) is 3.42. The van der Waals surface area contributed by atoms with Crippen LogP contribution in [0.5, 0.6) is 0 Å². The smallest absolute Gasteiger partial charge is 0.219 e. The maximum absolute atomic E-state index is 11.4. The van der Waals surface area contributed by atoms with Crippen LogP contribution in [0, 0.1) is 0 Å². The third kappa shape index (κ3) is 3.61. The average molecular weight is 283 g/mol. The lowest BCUT2D eigenvalue weighted by Crippen LogP contribution is -2.34. The quantitative estimate of drug-likeness (QED) is 0.825. The number of hydrogen-bond acceptors (Lipinski definition) is 3. The van der Waals surface area contributed by atoms with E-state index in [1.165, 1.54) is 11.1 Å². The molecule has 1 heterocycles. The normalized spacial score (nSPS) is 15.8. The number of fused-ring (bicyclic) bond motifs is 1. The summed E-state index contributed by atoms with van der Waals surface area (Å²) in [5.74, 6) is 0.331. The minimum absolute atomic E-state index is 0.113. The van der Waals surface area contributed by atoms with Gasteiger partial charge in [0.1, 0.15) is 0 Å². The number of hydrogen-bond donors (Lipinski definition) is 2. The molecule has 1 aliphatic rings. The van der Waals surface area contributed by atoms with Crippen LogP contribution in [0.3, 0.4) is 0 Å². The number of nitrogens with one attached hydrogen (secondary N) is 1. The summed E-state index contributed by atoms with van der Waals surface area (Å²) in [6.45, 7) is 3.49. The van der Waals surface area contributed by atoms with E-state index in [2.05, 4.69) is 11.4 Å². The van der Waals surface area contributed by atoms with Gasteiger partial charge in [-0.05, 0) is 29.7 Å². The highest BCUT2D eigenvalue weighted by Crippen LogP contribution is 2.22. The molecule has 0 aromatic heterocycles. The fraction of sp³-hybridized carbons (Fsp3) is 0.500. The van der Waals surface area contributed by atoms with Crippen LogP contribution in [0.15, 0.2) is 18.2 Å². The topological polar surface area (TPSA) is 52.6 Å². The molecule has 0 spiro atoms. The highest BCUT2D eigenvalue weighted by Gasteiger charge is 2.18. The summed E-state index contributed by atoms with van der Waals surface area (Å²) in [4.78, 5) is 13.3. The van der Waals surface area contributed by atoms with E-state index in [1.54, 1.807) is 6.92 Å². The Morgan fingerprint density at radius 3 is 3.00 bits per heavy atom. The molecule has 2 rings (SSSR count). The molecule has 0 saturated carbocycles. The Balaban J connectivity index is 2.05. The minimum Gasteiger partial charge on any atom is -0.390 e. The van der Waals surface area contributed by atoms with Crippen molar-refractivity contribution in [3.63, 3.8) is 0 Å². The van der Waals surface area contributed by atoms with Crippen LogP contribution in [-0.4, -0.2) is 41.0 Å². The van der Waals surface area contributed by atoms with Gasteiger partial charge in [0.15, 0.2) is 0 Å². The Morgan fingerprint density at radius 2 is 2.32 bits per heavy atom. The fourth-order valence-corrected chi connectivity index (χ4v) is 2.34. The zero-order chi connectivity index (χ0) is 13.8. The molecular weight excluding hydrogens is 264 g/mol. The average Bonchev–Trinajstić information content (AvgIpc) is 2.43. The van der Waals surface area contributed by atoms with Crippen molar-refractivity contribution >= 4 is 23.2 Å². The third-order valence-electron chi connectivity index (χ3n) is 3.38. The van der Waals surface area contributed by atoms with Crippen molar-refractivity contribution in [1.82, 2.24) is 4.90 Å². The molecule has 104 valence electrons. The van der Waals surface area contributed by atoms with Crippen molar-refractivity contribution in [2.45, 2.75) is 26.0 Å². The van der Waals surface area contributed by atoms with E-state index in [0.29, 0.717) is 13.1 Å². The van der Waals surface area contributed by atoms with Gasteiger partial charge in [0.2, 0.25) is 5.91 Å². The molecule has 1 unspecified atom stereocenters. The van der Waals surface area contributed by atoms with Crippen LogP contribution in [-0.2, 0) is 17.8 Å². The van der Waals surface area contributed by atoms with Crippen LogP contribution in [0.1, 0.15) is 18.1 Å². The fourth-order valence-electron chi connectivity index (χ4n) is 2.23. The Kier molecular flexibility index (Phi) is 4.66. The molecule has 0 aliphatic carbocycles. The number of nitrogens with zero attached hydrogens (tertiary/aromatic N) is 1. The number of aliphatic hydroxyl groups excluding tert-OH is 1. The Labute approximate surface area is 118 Å². The van der Waals surface area contributed by atoms with E-state index in [9.17, 15) is 9.90 Å². The molecule has 1 atom stereocenters. The third-order valence-corrected chi connectivity index (χ3v) is 3.74. The van der Waals surface area contributed by atoms with Gasteiger partial charge in [-0.25, -0.2) is 0 Å².